The zero-order valence-corrected chi connectivity index (χ0v) is 11.9. The van der Waals surface area contributed by atoms with Gasteiger partial charge in [0.2, 0.25) is 0 Å². The second kappa shape index (κ2) is 6.77. The Morgan fingerprint density at radius 2 is 2.42 bits per heavy atom. The SMILES string of the molecule is CCSC1CCC(NC(=O)c2cc(NN)ccn2)C1. The summed E-state index contributed by atoms with van der Waals surface area (Å²) in [6.07, 6.45) is 4.87. The summed E-state index contributed by atoms with van der Waals surface area (Å²) in [7, 11) is 0. The van der Waals surface area contributed by atoms with Crippen LogP contribution in [0.1, 0.15) is 36.7 Å². The molecule has 104 valence electrons. The highest BCUT2D eigenvalue weighted by Gasteiger charge is 2.26. The van der Waals surface area contributed by atoms with Gasteiger partial charge in [-0.15, -0.1) is 0 Å². The Morgan fingerprint density at radius 1 is 1.58 bits per heavy atom. The molecule has 0 aliphatic heterocycles. The standard InChI is InChI=1S/C13H20N4OS/c1-2-19-11-4-3-9(7-11)16-13(18)12-8-10(17-14)5-6-15-12/h5-6,8-9,11H,2-4,7,14H2,1H3,(H,15,17)(H,16,18). The van der Waals surface area contributed by atoms with E-state index in [9.17, 15) is 4.79 Å². The quantitative estimate of drug-likeness (QED) is 0.566. The first-order chi connectivity index (χ1) is 9.22. The van der Waals surface area contributed by atoms with Crippen molar-refractivity contribution >= 4 is 23.4 Å². The fraction of sp³-hybridized carbons (Fsp3) is 0.538. The number of nitrogens with one attached hydrogen (secondary N) is 2. The van der Waals surface area contributed by atoms with Gasteiger partial charge in [0, 0.05) is 17.5 Å². The molecular formula is C13H20N4OS. The van der Waals surface area contributed by atoms with Crippen molar-refractivity contribution in [3.8, 4) is 0 Å². The number of aromatic nitrogens is 1. The van der Waals surface area contributed by atoms with Gasteiger partial charge in [0.25, 0.3) is 5.91 Å². The van der Waals surface area contributed by atoms with Crippen LogP contribution in [0.15, 0.2) is 18.3 Å². The molecule has 1 fully saturated rings. The molecule has 1 aliphatic carbocycles. The van der Waals surface area contributed by atoms with Crippen LogP contribution in [0.5, 0.6) is 0 Å². The number of amides is 1. The highest BCUT2D eigenvalue weighted by atomic mass is 32.2. The van der Waals surface area contributed by atoms with Crippen molar-refractivity contribution in [3.63, 3.8) is 0 Å². The Bertz CT molecular complexity index is 440. The van der Waals surface area contributed by atoms with Crippen LogP contribution in [-0.4, -0.2) is 27.9 Å². The molecule has 4 N–H and O–H groups in total. The van der Waals surface area contributed by atoms with E-state index >= 15 is 0 Å². The maximum atomic E-state index is 12.1. The first-order valence-electron chi connectivity index (χ1n) is 6.58. The highest BCUT2D eigenvalue weighted by molar-refractivity contribution is 7.99. The lowest BCUT2D eigenvalue weighted by atomic mass is 10.2. The van der Waals surface area contributed by atoms with Gasteiger partial charge < -0.3 is 10.7 Å². The van der Waals surface area contributed by atoms with Gasteiger partial charge in [-0.2, -0.15) is 11.8 Å². The van der Waals surface area contributed by atoms with Gasteiger partial charge in [0.05, 0.1) is 5.69 Å². The number of nitrogen functional groups attached to an aromatic ring is 1. The number of rotatable bonds is 5. The predicted molar refractivity (Wildman–Crippen MR) is 79.1 cm³/mol. The third-order valence-electron chi connectivity index (χ3n) is 3.28. The van der Waals surface area contributed by atoms with E-state index in [1.807, 2.05) is 11.8 Å². The smallest absolute Gasteiger partial charge is 0.270 e. The normalized spacial score (nSPS) is 22.2. The number of thioether (sulfide) groups is 1. The topological polar surface area (TPSA) is 80.0 Å². The molecule has 5 nitrogen and oxygen atoms in total. The van der Waals surface area contributed by atoms with Gasteiger partial charge in [0.15, 0.2) is 0 Å². The molecule has 0 aromatic carbocycles. The lowest BCUT2D eigenvalue weighted by molar-refractivity contribution is 0.0933. The Morgan fingerprint density at radius 3 is 3.16 bits per heavy atom. The molecule has 1 saturated carbocycles. The molecule has 1 heterocycles. The van der Waals surface area contributed by atoms with E-state index in [0.717, 1.165) is 18.6 Å². The van der Waals surface area contributed by atoms with Gasteiger partial charge >= 0.3 is 0 Å². The molecule has 0 radical (unpaired) electrons. The predicted octanol–water partition coefficient (Wildman–Crippen LogP) is 1.77. The summed E-state index contributed by atoms with van der Waals surface area (Å²) in [5.74, 6) is 6.34. The number of carbonyl (C=O) groups excluding carboxylic acids is 1. The van der Waals surface area contributed by atoms with Crippen LogP contribution >= 0.6 is 11.8 Å². The number of nitrogens with zero attached hydrogens (tertiary/aromatic N) is 1. The number of hydrogen-bond donors (Lipinski definition) is 3. The lowest BCUT2D eigenvalue weighted by Gasteiger charge is -2.13. The minimum absolute atomic E-state index is 0.121. The van der Waals surface area contributed by atoms with E-state index in [2.05, 4.69) is 22.7 Å². The van der Waals surface area contributed by atoms with Gasteiger partial charge in [0.1, 0.15) is 5.69 Å². The molecule has 0 saturated heterocycles. The molecule has 1 aromatic rings. The van der Waals surface area contributed by atoms with Crippen LogP contribution in [0.4, 0.5) is 5.69 Å². The molecule has 6 heteroatoms. The molecule has 2 rings (SSSR count). The number of anilines is 1. The van der Waals surface area contributed by atoms with Gasteiger partial charge in [-0.05, 0) is 37.1 Å². The van der Waals surface area contributed by atoms with E-state index < -0.39 is 0 Å². The van der Waals surface area contributed by atoms with Crippen LogP contribution < -0.4 is 16.6 Å². The highest BCUT2D eigenvalue weighted by Crippen LogP contribution is 2.29. The number of hydrazine groups is 1. The van der Waals surface area contributed by atoms with E-state index in [1.54, 1.807) is 18.3 Å². The van der Waals surface area contributed by atoms with Crippen molar-refractivity contribution in [2.45, 2.75) is 37.5 Å². The Labute approximate surface area is 117 Å². The number of carbonyl (C=O) groups is 1. The average Bonchev–Trinajstić information content (AvgIpc) is 2.86. The van der Waals surface area contributed by atoms with Crippen LogP contribution in [0.2, 0.25) is 0 Å². The maximum absolute atomic E-state index is 12.1. The van der Waals surface area contributed by atoms with Crippen molar-refractivity contribution in [2.75, 3.05) is 11.2 Å². The Kier molecular flexibility index (Phi) is 5.04. The summed E-state index contributed by atoms with van der Waals surface area (Å²) in [6, 6.07) is 3.65. The van der Waals surface area contributed by atoms with Gasteiger partial charge in [-0.25, -0.2) is 0 Å². The monoisotopic (exact) mass is 280 g/mol. The molecule has 2 atom stereocenters. The molecule has 1 aliphatic rings. The Balaban J connectivity index is 1.90. The van der Waals surface area contributed by atoms with Crippen LogP contribution in [-0.2, 0) is 0 Å². The third-order valence-corrected chi connectivity index (χ3v) is 4.51. The molecule has 19 heavy (non-hydrogen) atoms. The third kappa shape index (κ3) is 3.84. The fourth-order valence-electron chi connectivity index (χ4n) is 2.36. The van der Waals surface area contributed by atoms with Crippen LogP contribution in [0, 0.1) is 0 Å². The second-order valence-corrected chi connectivity index (χ2v) is 6.21. The van der Waals surface area contributed by atoms with Crippen molar-refractivity contribution < 1.29 is 4.79 Å². The van der Waals surface area contributed by atoms with Gasteiger partial charge in [-0.1, -0.05) is 6.92 Å². The van der Waals surface area contributed by atoms with E-state index in [4.69, 9.17) is 5.84 Å². The zero-order valence-electron chi connectivity index (χ0n) is 11.1. The van der Waals surface area contributed by atoms with Gasteiger partial charge in [-0.3, -0.25) is 15.6 Å². The van der Waals surface area contributed by atoms with E-state index in [-0.39, 0.29) is 11.9 Å². The summed E-state index contributed by atoms with van der Waals surface area (Å²) >= 11 is 1.98. The largest absolute Gasteiger partial charge is 0.348 e. The number of pyridine rings is 1. The number of hydrogen-bond acceptors (Lipinski definition) is 5. The zero-order chi connectivity index (χ0) is 13.7. The molecule has 2 unspecified atom stereocenters. The summed E-state index contributed by atoms with van der Waals surface area (Å²) in [6.45, 7) is 2.17. The average molecular weight is 280 g/mol. The minimum Gasteiger partial charge on any atom is -0.348 e. The molecule has 0 bridgehead atoms. The van der Waals surface area contributed by atoms with Crippen LogP contribution in [0.25, 0.3) is 0 Å². The van der Waals surface area contributed by atoms with Crippen molar-refractivity contribution in [2.24, 2.45) is 5.84 Å². The summed E-state index contributed by atoms with van der Waals surface area (Å²) in [5, 5.41) is 3.73. The summed E-state index contributed by atoms with van der Waals surface area (Å²) in [5.41, 5.74) is 3.61. The lowest BCUT2D eigenvalue weighted by Crippen LogP contribution is -2.33. The van der Waals surface area contributed by atoms with Crippen molar-refractivity contribution in [1.29, 1.82) is 0 Å². The molecule has 1 amide bonds. The number of nitrogens with two attached hydrogens (primary N) is 1. The first-order valence-corrected chi connectivity index (χ1v) is 7.63. The van der Waals surface area contributed by atoms with Crippen molar-refractivity contribution in [3.05, 3.63) is 24.0 Å². The first kappa shape index (κ1) is 14.1. The van der Waals surface area contributed by atoms with Crippen molar-refractivity contribution in [1.82, 2.24) is 10.3 Å². The summed E-state index contributed by atoms with van der Waals surface area (Å²) < 4.78 is 0. The van der Waals surface area contributed by atoms with E-state index in [0.29, 0.717) is 16.6 Å². The maximum Gasteiger partial charge on any atom is 0.270 e. The molecule has 1 aromatic heterocycles. The second-order valence-electron chi connectivity index (χ2n) is 4.63. The molecular weight excluding hydrogens is 260 g/mol. The van der Waals surface area contributed by atoms with E-state index in [1.165, 1.54) is 6.42 Å². The summed E-state index contributed by atoms with van der Waals surface area (Å²) in [4.78, 5) is 16.2. The molecule has 0 spiro atoms. The minimum atomic E-state index is -0.121. The Hall–Kier alpha value is -1.27. The van der Waals surface area contributed by atoms with Crippen LogP contribution in [0.3, 0.4) is 0 Å². The fourth-order valence-corrected chi connectivity index (χ4v) is 3.50.